The Morgan fingerprint density at radius 1 is 1.33 bits per heavy atom. The van der Waals surface area contributed by atoms with Gasteiger partial charge in [-0.25, -0.2) is 0 Å². The lowest BCUT2D eigenvalue weighted by atomic mass is 9.69. The van der Waals surface area contributed by atoms with E-state index in [-0.39, 0.29) is 0 Å². The largest absolute Gasteiger partial charge is 0.481 e. The van der Waals surface area contributed by atoms with Crippen molar-refractivity contribution in [1.29, 1.82) is 0 Å². The number of carbonyl (C=O) groups is 1. The summed E-state index contributed by atoms with van der Waals surface area (Å²) < 4.78 is 0. The number of aliphatic carboxylic acids is 1. The number of carboxylic acid groups (broad SMARTS) is 1. The minimum absolute atomic E-state index is 0.341. The van der Waals surface area contributed by atoms with Gasteiger partial charge in [-0.15, -0.1) is 0 Å². The van der Waals surface area contributed by atoms with Crippen molar-refractivity contribution in [2.75, 3.05) is 0 Å². The Labute approximate surface area is 92.5 Å². The van der Waals surface area contributed by atoms with E-state index in [1.54, 1.807) is 13.8 Å². The van der Waals surface area contributed by atoms with Crippen molar-refractivity contribution in [1.82, 2.24) is 0 Å². The summed E-state index contributed by atoms with van der Waals surface area (Å²) >= 11 is 0. The van der Waals surface area contributed by atoms with E-state index in [2.05, 4.69) is 6.92 Å². The molecule has 3 heteroatoms. The normalized spacial score (nSPS) is 18.3. The fourth-order valence-electron chi connectivity index (χ4n) is 1.76. The molecule has 0 rings (SSSR count). The van der Waals surface area contributed by atoms with Crippen molar-refractivity contribution < 1.29 is 15.0 Å². The molecule has 0 aliphatic heterocycles. The molecule has 0 aromatic heterocycles. The van der Waals surface area contributed by atoms with Gasteiger partial charge >= 0.3 is 5.97 Å². The maximum atomic E-state index is 11.1. The summed E-state index contributed by atoms with van der Waals surface area (Å²) in [5.41, 5.74) is -2.21. The average molecular weight is 216 g/mol. The standard InChI is InChI=1S/C12H24O3/c1-6-9(3)8-12(15,7-2)11(4,5)10(13)14/h9,15H,6-8H2,1-5H3,(H,13,14). The Morgan fingerprint density at radius 2 is 1.80 bits per heavy atom. The van der Waals surface area contributed by atoms with Crippen LogP contribution in [0.5, 0.6) is 0 Å². The zero-order valence-electron chi connectivity index (χ0n) is 10.5. The van der Waals surface area contributed by atoms with E-state index < -0.39 is 17.0 Å². The van der Waals surface area contributed by atoms with Crippen LogP contribution in [-0.2, 0) is 4.79 Å². The minimum atomic E-state index is -1.12. The van der Waals surface area contributed by atoms with E-state index in [1.807, 2.05) is 13.8 Å². The van der Waals surface area contributed by atoms with Crippen LogP contribution >= 0.6 is 0 Å². The van der Waals surface area contributed by atoms with Crippen LogP contribution in [0, 0.1) is 11.3 Å². The summed E-state index contributed by atoms with van der Waals surface area (Å²) in [5.74, 6) is -0.594. The van der Waals surface area contributed by atoms with Gasteiger partial charge in [-0.3, -0.25) is 4.79 Å². The number of hydrogen-bond acceptors (Lipinski definition) is 2. The lowest BCUT2D eigenvalue weighted by molar-refractivity contribution is -0.167. The fraction of sp³-hybridized carbons (Fsp3) is 0.917. The second kappa shape index (κ2) is 4.97. The highest BCUT2D eigenvalue weighted by Crippen LogP contribution is 2.39. The highest BCUT2D eigenvalue weighted by Gasteiger charge is 2.48. The zero-order valence-corrected chi connectivity index (χ0v) is 10.5. The molecule has 0 aromatic rings. The first-order valence-electron chi connectivity index (χ1n) is 5.67. The monoisotopic (exact) mass is 216 g/mol. The summed E-state index contributed by atoms with van der Waals surface area (Å²) in [5, 5.41) is 19.6. The van der Waals surface area contributed by atoms with Gasteiger partial charge in [0, 0.05) is 0 Å². The number of rotatable bonds is 6. The number of aliphatic hydroxyl groups is 1. The van der Waals surface area contributed by atoms with Crippen molar-refractivity contribution >= 4 is 5.97 Å². The molecule has 0 amide bonds. The lowest BCUT2D eigenvalue weighted by Gasteiger charge is -2.40. The molecule has 0 radical (unpaired) electrons. The van der Waals surface area contributed by atoms with Gasteiger partial charge in [0.2, 0.25) is 0 Å². The number of hydrogen-bond donors (Lipinski definition) is 2. The molecule has 0 spiro atoms. The third kappa shape index (κ3) is 2.94. The van der Waals surface area contributed by atoms with Crippen LogP contribution in [0.1, 0.15) is 53.9 Å². The van der Waals surface area contributed by atoms with Gasteiger partial charge in [0.15, 0.2) is 0 Å². The third-order valence-corrected chi connectivity index (χ3v) is 3.67. The SMILES string of the molecule is CCC(C)CC(O)(CC)C(C)(C)C(=O)O. The summed E-state index contributed by atoms with van der Waals surface area (Å²) in [6, 6.07) is 0. The van der Waals surface area contributed by atoms with Crippen molar-refractivity contribution in [3.8, 4) is 0 Å². The Kier molecular flexibility index (Phi) is 4.78. The summed E-state index contributed by atoms with van der Waals surface area (Å²) in [6.45, 7) is 9.13. The maximum absolute atomic E-state index is 11.1. The van der Waals surface area contributed by atoms with E-state index in [9.17, 15) is 9.90 Å². The first kappa shape index (κ1) is 14.4. The highest BCUT2D eigenvalue weighted by atomic mass is 16.4. The molecule has 0 saturated heterocycles. The highest BCUT2D eigenvalue weighted by molar-refractivity contribution is 5.75. The molecule has 2 unspecified atom stereocenters. The molecule has 0 heterocycles. The number of carboxylic acids is 1. The molecule has 0 fully saturated rings. The van der Waals surface area contributed by atoms with Gasteiger partial charge in [0.25, 0.3) is 0 Å². The first-order chi connectivity index (χ1) is 6.71. The van der Waals surface area contributed by atoms with Gasteiger partial charge in [0.1, 0.15) is 0 Å². The molecule has 2 N–H and O–H groups in total. The Morgan fingerprint density at radius 3 is 2.07 bits per heavy atom. The molecule has 2 atom stereocenters. The molecule has 15 heavy (non-hydrogen) atoms. The Balaban J connectivity index is 4.91. The molecule has 0 saturated carbocycles. The average Bonchev–Trinajstić information content (AvgIpc) is 2.16. The van der Waals surface area contributed by atoms with Crippen molar-refractivity contribution in [3.05, 3.63) is 0 Å². The van der Waals surface area contributed by atoms with Crippen LogP contribution in [-0.4, -0.2) is 21.8 Å². The first-order valence-corrected chi connectivity index (χ1v) is 5.67. The lowest BCUT2D eigenvalue weighted by Crippen LogP contribution is -2.50. The molecule has 0 aliphatic carbocycles. The van der Waals surface area contributed by atoms with Crippen LogP contribution < -0.4 is 0 Å². The topological polar surface area (TPSA) is 57.5 Å². The van der Waals surface area contributed by atoms with Crippen molar-refractivity contribution in [2.24, 2.45) is 11.3 Å². The fourth-order valence-corrected chi connectivity index (χ4v) is 1.76. The van der Waals surface area contributed by atoms with Crippen LogP contribution in [0.3, 0.4) is 0 Å². The zero-order chi connectivity index (χ0) is 12.3. The third-order valence-electron chi connectivity index (χ3n) is 3.67. The molecule has 0 bridgehead atoms. The van der Waals surface area contributed by atoms with Crippen molar-refractivity contribution in [3.63, 3.8) is 0 Å². The summed E-state index contributed by atoms with van der Waals surface area (Å²) in [4.78, 5) is 11.1. The van der Waals surface area contributed by atoms with E-state index in [4.69, 9.17) is 5.11 Å². The van der Waals surface area contributed by atoms with Gasteiger partial charge < -0.3 is 10.2 Å². The van der Waals surface area contributed by atoms with Gasteiger partial charge in [-0.2, -0.15) is 0 Å². The van der Waals surface area contributed by atoms with E-state index >= 15 is 0 Å². The minimum Gasteiger partial charge on any atom is -0.481 e. The maximum Gasteiger partial charge on any atom is 0.312 e. The van der Waals surface area contributed by atoms with Crippen LogP contribution in [0.2, 0.25) is 0 Å². The molecule has 90 valence electrons. The summed E-state index contributed by atoms with van der Waals surface area (Å²) in [7, 11) is 0. The second-order valence-corrected chi connectivity index (χ2v) is 5.03. The van der Waals surface area contributed by atoms with Crippen molar-refractivity contribution in [2.45, 2.75) is 59.5 Å². The van der Waals surface area contributed by atoms with Gasteiger partial charge in [-0.05, 0) is 32.6 Å². The predicted molar refractivity (Wildman–Crippen MR) is 60.7 cm³/mol. The molecule has 3 nitrogen and oxygen atoms in total. The van der Waals surface area contributed by atoms with E-state index in [0.717, 1.165) is 6.42 Å². The van der Waals surface area contributed by atoms with Gasteiger partial charge in [0.05, 0.1) is 11.0 Å². The molecular formula is C12H24O3. The second-order valence-electron chi connectivity index (χ2n) is 5.03. The summed E-state index contributed by atoms with van der Waals surface area (Å²) in [6.07, 6.45) is 1.97. The molecule has 0 aromatic carbocycles. The smallest absolute Gasteiger partial charge is 0.312 e. The Hall–Kier alpha value is -0.570. The predicted octanol–water partition coefficient (Wildman–Crippen LogP) is 2.67. The van der Waals surface area contributed by atoms with E-state index in [0.29, 0.717) is 18.8 Å². The van der Waals surface area contributed by atoms with E-state index in [1.165, 1.54) is 0 Å². The Bertz CT molecular complexity index is 223. The molecule has 0 aliphatic rings. The van der Waals surface area contributed by atoms with Crippen LogP contribution in [0.15, 0.2) is 0 Å². The van der Waals surface area contributed by atoms with Crippen LogP contribution in [0.25, 0.3) is 0 Å². The van der Waals surface area contributed by atoms with Gasteiger partial charge in [-0.1, -0.05) is 27.2 Å². The quantitative estimate of drug-likeness (QED) is 0.717. The molecular weight excluding hydrogens is 192 g/mol. The van der Waals surface area contributed by atoms with Crippen LogP contribution in [0.4, 0.5) is 0 Å².